The molecule has 0 aliphatic rings. The second-order valence-electron chi connectivity index (χ2n) is 3.29. The van der Waals surface area contributed by atoms with E-state index < -0.39 is 5.54 Å². The van der Waals surface area contributed by atoms with Gasteiger partial charge in [0.2, 0.25) is 0 Å². The normalized spacial score (nSPS) is 15.3. The number of rotatable bonds is 4. The molecule has 0 spiro atoms. The average Bonchev–Trinajstić information content (AvgIpc) is 2.16. The van der Waals surface area contributed by atoms with Crippen LogP contribution in [0.4, 0.5) is 0 Å². The molecule has 1 unspecified atom stereocenters. The first kappa shape index (κ1) is 10.1. The van der Waals surface area contributed by atoms with Crippen molar-refractivity contribution in [2.24, 2.45) is 5.73 Å². The number of methoxy groups -OCH3 is 1. The summed E-state index contributed by atoms with van der Waals surface area (Å²) in [6.07, 6.45) is 5.73. The third-order valence-electron chi connectivity index (χ3n) is 2.05. The molecule has 0 aliphatic heterocycles. The summed E-state index contributed by atoms with van der Waals surface area (Å²) in [5.41, 5.74) is 6.60. The van der Waals surface area contributed by atoms with Crippen molar-refractivity contribution >= 4 is 0 Å². The Morgan fingerprint density at radius 1 is 1.46 bits per heavy atom. The number of hydrogen-bond acceptors (Lipinski definition) is 4. The molecule has 0 bridgehead atoms. The zero-order valence-electron chi connectivity index (χ0n) is 8.03. The second kappa shape index (κ2) is 4.30. The van der Waals surface area contributed by atoms with E-state index in [1.54, 1.807) is 19.5 Å². The molecule has 4 nitrogen and oxygen atoms in total. The number of ether oxygens (including phenoxy) is 1. The van der Waals surface area contributed by atoms with Crippen LogP contribution in [0.5, 0.6) is 0 Å². The van der Waals surface area contributed by atoms with E-state index in [4.69, 9.17) is 10.5 Å². The van der Waals surface area contributed by atoms with Gasteiger partial charge in [-0.15, -0.1) is 0 Å². The number of hydrogen-bond donors (Lipinski definition) is 1. The molecule has 0 fully saturated rings. The van der Waals surface area contributed by atoms with Crippen molar-refractivity contribution < 1.29 is 4.74 Å². The smallest absolute Gasteiger partial charge is 0.115 e. The van der Waals surface area contributed by atoms with E-state index in [1.165, 1.54) is 6.33 Å². The predicted molar refractivity (Wildman–Crippen MR) is 50.1 cm³/mol. The lowest BCUT2D eigenvalue weighted by molar-refractivity contribution is 0.172. The highest BCUT2D eigenvalue weighted by molar-refractivity contribution is 5.14. The molecule has 72 valence electrons. The van der Waals surface area contributed by atoms with Gasteiger partial charge in [-0.25, -0.2) is 9.97 Å². The SMILES string of the molecule is COCCC(C)(N)c1cncnc1. The quantitative estimate of drug-likeness (QED) is 0.742. The highest BCUT2D eigenvalue weighted by Crippen LogP contribution is 2.19. The number of nitrogens with zero attached hydrogens (tertiary/aromatic N) is 2. The van der Waals surface area contributed by atoms with Gasteiger partial charge in [0.05, 0.1) is 0 Å². The Kier molecular flexibility index (Phi) is 3.33. The topological polar surface area (TPSA) is 61.0 Å². The third-order valence-corrected chi connectivity index (χ3v) is 2.05. The van der Waals surface area contributed by atoms with Gasteiger partial charge in [0.25, 0.3) is 0 Å². The standard InChI is InChI=1S/C9H15N3O/c1-9(10,3-4-13-2)8-5-11-7-12-6-8/h5-7H,3-4,10H2,1-2H3. The lowest BCUT2D eigenvalue weighted by atomic mass is 9.93. The summed E-state index contributed by atoms with van der Waals surface area (Å²) in [6.45, 7) is 2.59. The third kappa shape index (κ3) is 2.75. The zero-order valence-corrected chi connectivity index (χ0v) is 8.03. The van der Waals surface area contributed by atoms with Crippen LogP contribution in [0, 0.1) is 0 Å². The molecule has 2 N–H and O–H groups in total. The Labute approximate surface area is 78.1 Å². The Morgan fingerprint density at radius 3 is 2.62 bits per heavy atom. The highest BCUT2D eigenvalue weighted by atomic mass is 16.5. The van der Waals surface area contributed by atoms with Gasteiger partial charge in [0.1, 0.15) is 6.33 Å². The first-order valence-corrected chi connectivity index (χ1v) is 4.20. The van der Waals surface area contributed by atoms with Crippen molar-refractivity contribution in [3.63, 3.8) is 0 Å². The fourth-order valence-electron chi connectivity index (χ4n) is 1.05. The van der Waals surface area contributed by atoms with Gasteiger partial charge in [-0.1, -0.05) is 0 Å². The molecule has 0 amide bonds. The maximum Gasteiger partial charge on any atom is 0.115 e. The van der Waals surface area contributed by atoms with E-state index >= 15 is 0 Å². The molecular formula is C9H15N3O. The highest BCUT2D eigenvalue weighted by Gasteiger charge is 2.20. The molecule has 0 aliphatic carbocycles. The van der Waals surface area contributed by atoms with Crippen LogP contribution in [0.3, 0.4) is 0 Å². The molecule has 0 aromatic carbocycles. The molecular weight excluding hydrogens is 166 g/mol. The molecule has 1 rings (SSSR count). The van der Waals surface area contributed by atoms with Crippen molar-refractivity contribution in [1.29, 1.82) is 0 Å². The first-order chi connectivity index (χ1) is 6.17. The van der Waals surface area contributed by atoms with E-state index in [0.29, 0.717) is 6.61 Å². The van der Waals surface area contributed by atoms with Crippen LogP contribution in [0.2, 0.25) is 0 Å². The summed E-state index contributed by atoms with van der Waals surface area (Å²) in [5.74, 6) is 0. The van der Waals surface area contributed by atoms with Crippen molar-refractivity contribution in [3.8, 4) is 0 Å². The van der Waals surface area contributed by atoms with Crippen molar-refractivity contribution in [1.82, 2.24) is 9.97 Å². The van der Waals surface area contributed by atoms with Crippen molar-refractivity contribution in [2.45, 2.75) is 18.9 Å². The van der Waals surface area contributed by atoms with Gasteiger partial charge < -0.3 is 10.5 Å². The van der Waals surface area contributed by atoms with Crippen LogP contribution in [-0.4, -0.2) is 23.7 Å². The molecule has 1 atom stereocenters. The van der Waals surface area contributed by atoms with E-state index in [1.807, 2.05) is 6.92 Å². The van der Waals surface area contributed by atoms with E-state index in [9.17, 15) is 0 Å². The molecule has 0 saturated carbocycles. The minimum Gasteiger partial charge on any atom is -0.385 e. The molecule has 13 heavy (non-hydrogen) atoms. The molecule has 1 aromatic heterocycles. The Morgan fingerprint density at radius 2 is 2.08 bits per heavy atom. The maximum absolute atomic E-state index is 6.06. The van der Waals surface area contributed by atoms with Gasteiger partial charge in [0.15, 0.2) is 0 Å². The minimum absolute atomic E-state index is 0.405. The number of aromatic nitrogens is 2. The number of nitrogens with two attached hydrogens (primary N) is 1. The summed E-state index contributed by atoms with van der Waals surface area (Å²) in [4.78, 5) is 7.85. The fraction of sp³-hybridized carbons (Fsp3) is 0.556. The van der Waals surface area contributed by atoms with Crippen LogP contribution in [0.15, 0.2) is 18.7 Å². The molecule has 4 heteroatoms. The Hall–Kier alpha value is -1.00. The van der Waals surface area contributed by atoms with Crippen LogP contribution >= 0.6 is 0 Å². The van der Waals surface area contributed by atoms with Crippen molar-refractivity contribution in [3.05, 3.63) is 24.3 Å². The largest absolute Gasteiger partial charge is 0.385 e. The van der Waals surface area contributed by atoms with Gasteiger partial charge in [-0.3, -0.25) is 0 Å². The van der Waals surface area contributed by atoms with Crippen LogP contribution in [-0.2, 0) is 10.3 Å². The molecule has 0 radical (unpaired) electrons. The lowest BCUT2D eigenvalue weighted by Crippen LogP contribution is -2.34. The zero-order chi connectivity index (χ0) is 9.73. The molecule has 0 saturated heterocycles. The van der Waals surface area contributed by atoms with Crippen LogP contribution in [0.1, 0.15) is 18.9 Å². The molecule has 1 aromatic rings. The summed E-state index contributed by atoms with van der Waals surface area (Å²) in [6, 6.07) is 0. The van der Waals surface area contributed by atoms with Gasteiger partial charge >= 0.3 is 0 Å². The lowest BCUT2D eigenvalue weighted by Gasteiger charge is -2.23. The predicted octanol–water partition coefficient (Wildman–Crippen LogP) is 0.687. The van der Waals surface area contributed by atoms with Crippen LogP contribution in [0.25, 0.3) is 0 Å². The summed E-state index contributed by atoms with van der Waals surface area (Å²) in [5, 5.41) is 0. The van der Waals surface area contributed by atoms with Gasteiger partial charge in [-0.2, -0.15) is 0 Å². The minimum atomic E-state index is -0.405. The van der Waals surface area contributed by atoms with E-state index in [2.05, 4.69) is 9.97 Å². The van der Waals surface area contributed by atoms with E-state index in [0.717, 1.165) is 12.0 Å². The average molecular weight is 181 g/mol. The van der Waals surface area contributed by atoms with Gasteiger partial charge in [-0.05, 0) is 13.3 Å². The van der Waals surface area contributed by atoms with E-state index in [-0.39, 0.29) is 0 Å². The first-order valence-electron chi connectivity index (χ1n) is 4.20. The Bertz CT molecular complexity index is 248. The summed E-state index contributed by atoms with van der Waals surface area (Å²) >= 11 is 0. The molecule has 1 heterocycles. The van der Waals surface area contributed by atoms with Crippen LogP contribution < -0.4 is 5.73 Å². The van der Waals surface area contributed by atoms with Gasteiger partial charge in [0, 0.05) is 37.2 Å². The summed E-state index contributed by atoms with van der Waals surface area (Å²) < 4.78 is 4.98. The fourth-order valence-corrected chi connectivity index (χ4v) is 1.05. The van der Waals surface area contributed by atoms with Crippen molar-refractivity contribution in [2.75, 3.05) is 13.7 Å². The monoisotopic (exact) mass is 181 g/mol. The summed E-state index contributed by atoms with van der Waals surface area (Å²) in [7, 11) is 1.66. The Balaban J connectivity index is 2.69. The second-order valence-corrected chi connectivity index (χ2v) is 3.29. The maximum atomic E-state index is 6.06.